The molecule has 0 atom stereocenters. The fourth-order valence-corrected chi connectivity index (χ4v) is 4.81. The first-order valence-corrected chi connectivity index (χ1v) is 8.81. The number of hydrogen-bond donors (Lipinski definition) is 0. The zero-order valence-electron chi connectivity index (χ0n) is 12.4. The summed E-state index contributed by atoms with van der Waals surface area (Å²) < 4.78 is 27.6. The van der Waals surface area contributed by atoms with Crippen LogP contribution in [0.1, 0.15) is 5.56 Å². The van der Waals surface area contributed by atoms with Gasteiger partial charge in [0.1, 0.15) is 0 Å². The van der Waals surface area contributed by atoms with Crippen molar-refractivity contribution < 1.29 is 8.42 Å². The minimum atomic E-state index is -3.59. The number of sulfonamides is 1. The first-order valence-electron chi connectivity index (χ1n) is 7.37. The number of fused-ring (bicyclic) bond motifs is 2. The van der Waals surface area contributed by atoms with Gasteiger partial charge in [0.25, 0.3) is 10.0 Å². The van der Waals surface area contributed by atoms with E-state index < -0.39 is 10.0 Å². The Kier molecular flexibility index (Phi) is 3.03. The average Bonchev–Trinajstić information content (AvgIpc) is 2.58. The van der Waals surface area contributed by atoms with Gasteiger partial charge in [0.2, 0.25) is 0 Å². The Labute approximate surface area is 135 Å². The summed E-state index contributed by atoms with van der Waals surface area (Å²) in [5.74, 6) is 0. The van der Waals surface area contributed by atoms with Gasteiger partial charge in [-0.05, 0) is 28.7 Å². The molecule has 1 aliphatic rings. The number of benzene rings is 3. The van der Waals surface area contributed by atoms with E-state index in [1.54, 1.807) is 12.1 Å². The van der Waals surface area contributed by atoms with Crippen LogP contribution >= 0.6 is 0 Å². The third kappa shape index (κ3) is 2.06. The minimum absolute atomic E-state index is 0.271. The lowest BCUT2D eigenvalue weighted by Crippen LogP contribution is -2.36. The van der Waals surface area contributed by atoms with Crippen LogP contribution < -0.4 is 4.31 Å². The van der Waals surface area contributed by atoms with Crippen molar-refractivity contribution in [3.8, 4) is 0 Å². The van der Waals surface area contributed by atoms with Gasteiger partial charge >= 0.3 is 0 Å². The van der Waals surface area contributed by atoms with Crippen LogP contribution in [0.25, 0.3) is 16.3 Å². The largest absolute Gasteiger partial charge is 0.265 e. The van der Waals surface area contributed by atoms with Gasteiger partial charge in [-0.25, -0.2) is 8.42 Å². The predicted octanol–water partition coefficient (Wildman–Crippen LogP) is 4.06. The zero-order valence-corrected chi connectivity index (χ0v) is 13.3. The molecule has 0 fully saturated rings. The maximum atomic E-state index is 13.1. The Morgan fingerprint density at radius 3 is 2.43 bits per heavy atom. The smallest absolute Gasteiger partial charge is 0.261 e. The number of anilines is 1. The third-order valence-corrected chi connectivity index (χ3v) is 6.02. The van der Waals surface area contributed by atoms with Gasteiger partial charge in [0.15, 0.2) is 0 Å². The SMILES string of the molecule is C=C1CN(c2cccc3ccccc23)S(=O)(=O)c2ccccc21. The summed E-state index contributed by atoms with van der Waals surface area (Å²) in [6.45, 7) is 4.34. The van der Waals surface area contributed by atoms with Crippen LogP contribution in [0.15, 0.2) is 78.2 Å². The lowest BCUT2D eigenvalue weighted by Gasteiger charge is -2.32. The molecule has 0 bridgehead atoms. The van der Waals surface area contributed by atoms with Gasteiger partial charge in [0.05, 0.1) is 17.1 Å². The van der Waals surface area contributed by atoms with Crippen molar-refractivity contribution in [2.45, 2.75) is 4.90 Å². The molecule has 1 heterocycles. The van der Waals surface area contributed by atoms with Crippen LogP contribution in [0.5, 0.6) is 0 Å². The van der Waals surface area contributed by atoms with E-state index in [-0.39, 0.29) is 6.54 Å². The normalized spacial score (nSPS) is 16.3. The highest BCUT2D eigenvalue weighted by atomic mass is 32.2. The lowest BCUT2D eigenvalue weighted by molar-refractivity contribution is 0.591. The summed E-state index contributed by atoms with van der Waals surface area (Å²) in [7, 11) is -3.59. The molecule has 0 saturated heterocycles. The molecule has 0 N–H and O–H groups in total. The summed E-state index contributed by atoms with van der Waals surface area (Å²) in [5, 5.41) is 1.94. The Hall–Kier alpha value is -2.59. The summed E-state index contributed by atoms with van der Waals surface area (Å²) >= 11 is 0. The Balaban J connectivity index is 1.98. The second kappa shape index (κ2) is 4.96. The molecule has 4 rings (SSSR count). The molecule has 1 aliphatic heterocycles. The quantitative estimate of drug-likeness (QED) is 0.678. The maximum absolute atomic E-state index is 13.1. The molecule has 3 aromatic carbocycles. The van der Waals surface area contributed by atoms with E-state index in [0.717, 1.165) is 16.3 Å². The molecular weight excluding hydrogens is 306 g/mol. The van der Waals surface area contributed by atoms with Crippen LogP contribution in [-0.4, -0.2) is 15.0 Å². The molecule has 4 heteroatoms. The highest BCUT2D eigenvalue weighted by Gasteiger charge is 2.33. The average molecular weight is 321 g/mol. The number of hydrogen-bond acceptors (Lipinski definition) is 2. The van der Waals surface area contributed by atoms with Crippen molar-refractivity contribution in [3.05, 3.63) is 78.9 Å². The van der Waals surface area contributed by atoms with Crippen LogP contribution in [-0.2, 0) is 10.0 Å². The van der Waals surface area contributed by atoms with Crippen molar-refractivity contribution in [1.29, 1.82) is 0 Å². The van der Waals surface area contributed by atoms with E-state index in [2.05, 4.69) is 6.58 Å². The summed E-state index contributed by atoms with van der Waals surface area (Å²) in [6, 6.07) is 20.6. The topological polar surface area (TPSA) is 37.4 Å². The molecule has 0 aromatic heterocycles. The van der Waals surface area contributed by atoms with Gasteiger partial charge in [-0.1, -0.05) is 61.2 Å². The van der Waals surface area contributed by atoms with Crippen molar-refractivity contribution in [1.82, 2.24) is 0 Å². The van der Waals surface area contributed by atoms with Gasteiger partial charge in [-0.15, -0.1) is 0 Å². The van der Waals surface area contributed by atoms with E-state index in [0.29, 0.717) is 16.1 Å². The van der Waals surface area contributed by atoms with E-state index in [4.69, 9.17) is 0 Å². The van der Waals surface area contributed by atoms with Crippen LogP contribution in [0.3, 0.4) is 0 Å². The molecule has 0 spiro atoms. The first kappa shape index (κ1) is 14.0. The molecule has 0 amide bonds. The van der Waals surface area contributed by atoms with Gasteiger partial charge in [-0.2, -0.15) is 0 Å². The highest BCUT2D eigenvalue weighted by Crippen LogP contribution is 2.38. The second-order valence-corrected chi connectivity index (χ2v) is 7.44. The molecule has 3 aromatic rings. The standard InChI is InChI=1S/C19H15NO2S/c1-14-13-20(23(21,22)19-12-5-4-9-16(14)19)18-11-6-8-15-7-2-3-10-17(15)18/h2-12H,1,13H2. The fourth-order valence-electron chi connectivity index (χ4n) is 3.09. The molecule has 0 radical (unpaired) electrons. The Morgan fingerprint density at radius 1 is 0.870 bits per heavy atom. The number of nitrogens with zero attached hydrogens (tertiary/aromatic N) is 1. The molecule has 0 unspecified atom stereocenters. The predicted molar refractivity (Wildman–Crippen MR) is 94.0 cm³/mol. The summed E-state index contributed by atoms with van der Waals surface area (Å²) in [5.41, 5.74) is 2.21. The van der Waals surface area contributed by atoms with Crippen molar-refractivity contribution in [2.24, 2.45) is 0 Å². The molecule has 3 nitrogen and oxygen atoms in total. The monoisotopic (exact) mass is 321 g/mol. The van der Waals surface area contributed by atoms with Crippen LogP contribution in [0, 0.1) is 0 Å². The lowest BCUT2D eigenvalue weighted by atomic mass is 10.1. The van der Waals surface area contributed by atoms with Gasteiger partial charge in [-0.3, -0.25) is 4.31 Å². The Bertz CT molecular complexity index is 1030. The first-order chi connectivity index (χ1) is 11.1. The van der Waals surface area contributed by atoms with Crippen molar-refractivity contribution in [3.63, 3.8) is 0 Å². The van der Waals surface area contributed by atoms with Crippen molar-refractivity contribution in [2.75, 3.05) is 10.8 Å². The molecule has 0 saturated carbocycles. The van der Waals surface area contributed by atoms with E-state index >= 15 is 0 Å². The fraction of sp³-hybridized carbons (Fsp3) is 0.0526. The zero-order chi connectivity index (χ0) is 16.0. The maximum Gasteiger partial charge on any atom is 0.265 e. The summed E-state index contributed by atoms with van der Waals surface area (Å²) in [4.78, 5) is 0.323. The third-order valence-electron chi connectivity index (χ3n) is 4.21. The second-order valence-electron chi connectivity index (χ2n) is 5.61. The molecule has 23 heavy (non-hydrogen) atoms. The van der Waals surface area contributed by atoms with Gasteiger partial charge in [0, 0.05) is 5.39 Å². The minimum Gasteiger partial charge on any atom is -0.261 e. The van der Waals surface area contributed by atoms with E-state index in [1.165, 1.54) is 4.31 Å². The molecule has 114 valence electrons. The number of rotatable bonds is 1. The highest BCUT2D eigenvalue weighted by molar-refractivity contribution is 7.93. The van der Waals surface area contributed by atoms with Crippen LogP contribution in [0.4, 0.5) is 5.69 Å². The van der Waals surface area contributed by atoms with Crippen molar-refractivity contribution >= 4 is 32.1 Å². The summed E-state index contributed by atoms with van der Waals surface area (Å²) in [6.07, 6.45) is 0. The Morgan fingerprint density at radius 2 is 1.57 bits per heavy atom. The van der Waals surface area contributed by atoms with Gasteiger partial charge < -0.3 is 0 Å². The molecular formula is C19H15NO2S. The van der Waals surface area contributed by atoms with E-state index in [9.17, 15) is 8.42 Å². The molecule has 0 aliphatic carbocycles. The van der Waals surface area contributed by atoms with E-state index in [1.807, 2.05) is 54.6 Å². The van der Waals surface area contributed by atoms with Crippen LogP contribution in [0.2, 0.25) is 0 Å².